The molecule has 0 bridgehead atoms. The maximum Gasteiger partial charge on any atom is 0.410 e. The number of nitrogens with one attached hydrogen (secondary N) is 2. The predicted molar refractivity (Wildman–Crippen MR) is 183 cm³/mol. The molecule has 248 valence electrons. The largest absolute Gasteiger partial charge is 0.444 e. The van der Waals surface area contributed by atoms with Crippen molar-refractivity contribution in [1.29, 1.82) is 0 Å². The molecule has 1 unspecified atom stereocenters. The van der Waals surface area contributed by atoms with Gasteiger partial charge in [-0.25, -0.2) is 17.9 Å². The molecule has 0 spiro atoms. The average molecular weight is 658 g/mol. The molecule has 0 saturated carbocycles. The number of sulfonamides is 1. The first-order chi connectivity index (χ1) is 22.4. The second-order valence-corrected chi connectivity index (χ2v) is 15.3. The summed E-state index contributed by atoms with van der Waals surface area (Å²) in [5, 5.41) is 2.93. The van der Waals surface area contributed by atoms with E-state index in [-0.39, 0.29) is 16.8 Å². The predicted octanol–water partition coefficient (Wildman–Crippen LogP) is 5.82. The van der Waals surface area contributed by atoms with Crippen LogP contribution in [0, 0.1) is 0 Å². The summed E-state index contributed by atoms with van der Waals surface area (Å²) in [7, 11) is -3.92. The number of fused-ring (bicyclic) bond motifs is 1. The number of piperidine rings is 1. The molecule has 6 rings (SSSR count). The Morgan fingerprint density at radius 1 is 0.957 bits per heavy atom. The highest BCUT2D eigenvalue weighted by Gasteiger charge is 2.37. The molecule has 3 aliphatic rings. The fourth-order valence-corrected chi connectivity index (χ4v) is 7.73. The van der Waals surface area contributed by atoms with Crippen molar-refractivity contribution in [2.24, 2.45) is 4.99 Å². The van der Waals surface area contributed by atoms with Gasteiger partial charge in [-0.1, -0.05) is 42.5 Å². The van der Waals surface area contributed by atoms with Crippen molar-refractivity contribution >= 4 is 39.1 Å². The summed E-state index contributed by atoms with van der Waals surface area (Å²) in [6.45, 7) is 9.38. The molecule has 11 heteroatoms. The zero-order valence-electron chi connectivity index (χ0n) is 27.2. The Labute approximate surface area is 277 Å². The lowest BCUT2D eigenvalue weighted by Crippen LogP contribution is -2.47. The van der Waals surface area contributed by atoms with Crippen molar-refractivity contribution in [1.82, 2.24) is 14.5 Å². The number of ether oxygens (including phenoxy) is 1. The number of amides is 2. The average Bonchev–Trinajstić information content (AvgIpc) is 3.67. The second kappa shape index (κ2) is 13.6. The number of carbonyl (C=O) groups excluding carboxylic acids is 2. The standard InChI is InChI=1S/C36H43N5O5S/c1-36(2,3)46-35(43)41-21-17-28(18-22-41)39-47(44,45)29-15-16-31-30(23-29)32(34(42)38-31)33(26-9-5-4-6-10-26)37-27-13-11-25(12-14-27)24-40-19-7-8-20-40/h4-6,9-16,23,28,32,39H,7-8,17-22,24H2,1-3H3,(H,38,42). The Morgan fingerprint density at radius 2 is 1.64 bits per heavy atom. The van der Waals surface area contributed by atoms with Gasteiger partial charge in [0.25, 0.3) is 0 Å². The summed E-state index contributed by atoms with van der Waals surface area (Å²) in [5.74, 6) is -1.06. The highest BCUT2D eigenvalue weighted by molar-refractivity contribution is 7.89. The van der Waals surface area contributed by atoms with Gasteiger partial charge in [0.05, 0.1) is 16.3 Å². The lowest BCUT2D eigenvalue weighted by molar-refractivity contribution is -0.115. The van der Waals surface area contributed by atoms with E-state index in [1.54, 1.807) is 17.0 Å². The number of nitrogens with zero attached hydrogens (tertiary/aromatic N) is 3. The van der Waals surface area contributed by atoms with Gasteiger partial charge in [0.15, 0.2) is 0 Å². The first kappa shape index (κ1) is 32.9. The number of aliphatic imine (C=N–C) groups is 1. The van der Waals surface area contributed by atoms with Gasteiger partial charge in [-0.3, -0.25) is 14.7 Å². The van der Waals surface area contributed by atoms with E-state index in [1.165, 1.54) is 24.5 Å². The van der Waals surface area contributed by atoms with Crippen LogP contribution in [0.5, 0.6) is 0 Å². The minimum absolute atomic E-state index is 0.0750. The van der Waals surface area contributed by atoms with Gasteiger partial charge < -0.3 is 15.0 Å². The van der Waals surface area contributed by atoms with Crippen molar-refractivity contribution in [2.75, 3.05) is 31.5 Å². The van der Waals surface area contributed by atoms with Gasteiger partial charge in [-0.05, 0) is 107 Å². The number of likely N-dealkylation sites (tertiary alicyclic amines) is 2. The van der Waals surface area contributed by atoms with Crippen molar-refractivity contribution < 1.29 is 22.7 Å². The van der Waals surface area contributed by atoms with Crippen molar-refractivity contribution in [3.63, 3.8) is 0 Å². The lowest BCUT2D eigenvalue weighted by Gasteiger charge is -2.33. The molecule has 2 saturated heterocycles. The van der Waals surface area contributed by atoms with Crippen LogP contribution >= 0.6 is 0 Å². The molecule has 0 aromatic heterocycles. The normalized spacial score (nSPS) is 19.5. The SMILES string of the molecule is CC(C)(C)OC(=O)N1CCC(NS(=O)(=O)c2ccc3c(c2)C(C(=Nc2ccc(CN4CCCC4)cc2)c2ccccc2)C(=O)N3)CC1. The van der Waals surface area contributed by atoms with Crippen molar-refractivity contribution in [2.45, 2.75) is 75.5 Å². The van der Waals surface area contributed by atoms with E-state index in [0.29, 0.717) is 42.9 Å². The molecule has 3 heterocycles. The third-order valence-electron chi connectivity index (χ3n) is 8.77. The molecule has 1 atom stereocenters. The molecule has 3 aromatic carbocycles. The van der Waals surface area contributed by atoms with Crippen LogP contribution in [0.15, 0.2) is 82.7 Å². The van der Waals surface area contributed by atoms with E-state index in [4.69, 9.17) is 9.73 Å². The Bertz CT molecular complexity index is 1740. The summed E-state index contributed by atoms with van der Waals surface area (Å²) in [4.78, 5) is 35.1. The summed E-state index contributed by atoms with van der Waals surface area (Å²) < 4.78 is 35.5. The monoisotopic (exact) mass is 657 g/mol. The maximum atomic E-state index is 13.6. The van der Waals surface area contributed by atoms with Gasteiger partial charge in [0.1, 0.15) is 11.5 Å². The van der Waals surface area contributed by atoms with E-state index in [0.717, 1.165) is 30.9 Å². The maximum absolute atomic E-state index is 13.6. The molecular formula is C36H43N5O5S. The Morgan fingerprint density at radius 3 is 2.30 bits per heavy atom. The van der Waals surface area contributed by atoms with Crippen LogP contribution in [0.25, 0.3) is 0 Å². The van der Waals surface area contributed by atoms with Gasteiger partial charge in [-0.2, -0.15) is 0 Å². The zero-order valence-corrected chi connectivity index (χ0v) is 28.1. The number of anilines is 1. The van der Waals surface area contributed by atoms with Gasteiger partial charge in [0.2, 0.25) is 15.9 Å². The third kappa shape index (κ3) is 7.91. The molecule has 2 amide bonds. The van der Waals surface area contributed by atoms with Gasteiger partial charge in [0, 0.05) is 31.4 Å². The quantitative estimate of drug-likeness (QED) is 0.295. The summed E-state index contributed by atoms with van der Waals surface area (Å²) >= 11 is 0. The molecule has 0 aliphatic carbocycles. The molecule has 47 heavy (non-hydrogen) atoms. The highest BCUT2D eigenvalue weighted by atomic mass is 32.2. The van der Waals surface area contributed by atoms with Crippen LogP contribution in [-0.2, 0) is 26.1 Å². The Kier molecular flexibility index (Phi) is 9.50. The summed E-state index contributed by atoms with van der Waals surface area (Å²) in [6.07, 6.45) is 3.01. The molecular weight excluding hydrogens is 614 g/mol. The molecule has 10 nitrogen and oxygen atoms in total. The minimum atomic E-state index is -3.92. The van der Waals surface area contributed by atoms with Crippen LogP contribution in [0.4, 0.5) is 16.2 Å². The topological polar surface area (TPSA) is 120 Å². The smallest absolute Gasteiger partial charge is 0.410 e. The third-order valence-corrected chi connectivity index (χ3v) is 10.3. The first-order valence-electron chi connectivity index (χ1n) is 16.4. The number of hydrogen-bond donors (Lipinski definition) is 2. The van der Waals surface area contributed by atoms with Crippen LogP contribution in [-0.4, -0.2) is 73.8 Å². The van der Waals surface area contributed by atoms with E-state index in [1.807, 2.05) is 63.2 Å². The van der Waals surface area contributed by atoms with Crippen LogP contribution in [0.1, 0.15) is 69.1 Å². The molecule has 2 fully saturated rings. The number of carbonyl (C=O) groups is 2. The van der Waals surface area contributed by atoms with Crippen LogP contribution in [0.2, 0.25) is 0 Å². The Balaban J connectivity index is 1.23. The van der Waals surface area contributed by atoms with Crippen molar-refractivity contribution in [3.05, 3.63) is 89.5 Å². The molecule has 2 N–H and O–H groups in total. The number of benzene rings is 3. The Hall–Kier alpha value is -4.06. The number of rotatable bonds is 8. The molecule has 3 aromatic rings. The van der Waals surface area contributed by atoms with Crippen molar-refractivity contribution in [3.8, 4) is 0 Å². The number of hydrogen-bond acceptors (Lipinski definition) is 7. The summed E-state index contributed by atoms with van der Waals surface area (Å²) in [5.41, 5.74) is 3.79. The fourth-order valence-electron chi connectivity index (χ4n) is 6.39. The zero-order chi connectivity index (χ0) is 33.2. The minimum Gasteiger partial charge on any atom is -0.444 e. The van der Waals surface area contributed by atoms with E-state index in [2.05, 4.69) is 27.1 Å². The fraction of sp³-hybridized carbons (Fsp3) is 0.417. The molecule has 0 radical (unpaired) electrons. The van der Waals surface area contributed by atoms with Gasteiger partial charge in [-0.15, -0.1) is 0 Å². The first-order valence-corrected chi connectivity index (χ1v) is 17.8. The van der Waals surface area contributed by atoms with Crippen LogP contribution < -0.4 is 10.0 Å². The summed E-state index contributed by atoms with van der Waals surface area (Å²) in [6, 6.07) is 22.0. The second-order valence-electron chi connectivity index (χ2n) is 13.5. The van der Waals surface area contributed by atoms with E-state index in [9.17, 15) is 18.0 Å². The van der Waals surface area contributed by atoms with Crippen LogP contribution in [0.3, 0.4) is 0 Å². The van der Waals surface area contributed by atoms with E-state index < -0.39 is 27.6 Å². The van der Waals surface area contributed by atoms with E-state index >= 15 is 0 Å². The van der Waals surface area contributed by atoms with Gasteiger partial charge >= 0.3 is 6.09 Å². The highest BCUT2D eigenvalue weighted by Crippen LogP contribution is 2.38. The lowest BCUT2D eigenvalue weighted by atomic mass is 9.90. The molecule has 3 aliphatic heterocycles.